The Morgan fingerprint density at radius 2 is 2.12 bits per heavy atom. The molecule has 3 rings (SSSR count). The highest BCUT2D eigenvalue weighted by atomic mass is 16.8. The van der Waals surface area contributed by atoms with Crippen LogP contribution in [-0.4, -0.2) is 81.9 Å². The maximum absolute atomic E-state index is 12.3. The molecule has 0 spiro atoms. The van der Waals surface area contributed by atoms with Crippen molar-refractivity contribution in [2.45, 2.75) is 38.8 Å². The summed E-state index contributed by atoms with van der Waals surface area (Å²) in [4.78, 5) is 31.3. The summed E-state index contributed by atoms with van der Waals surface area (Å²) >= 11 is 0. The van der Waals surface area contributed by atoms with Crippen LogP contribution < -0.4 is 19.7 Å². The van der Waals surface area contributed by atoms with Crippen molar-refractivity contribution in [2.75, 3.05) is 58.0 Å². The molecule has 1 saturated heterocycles. The molecule has 0 aliphatic carbocycles. The van der Waals surface area contributed by atoms with Crippen molar-refractivity contribution in [2.24, 2.45) is 0 Å². The van der Waals surface area contributed by atoms with Crippen LogP contribution in [-0.2, 0) is 19.1 Å². The Morgan fingerprint density at radius 1 is 1.31 bits per heavy atom. The second kappa shape index (κ2) is 10.8. The number of ether oxygens (including phenoxy) is 4. The van der Waals surface area contributed by atoms with E-state index in [-0.39, 0.29) is 18.6 Å². The van der Waals surface area contributed by atoms with Crippen molar-refractivity contribution in [1.82, 2.24) is 10.4 Å². The Kier molecular flexibility index (Phi) is 8.16. The monoisotopic (exact) mass is 451 g/mol. The first-order valence-corrected chi connectivity index (χ1v) is 10.8. The molecule has 2 heterocycles. The van der Waals surface area contributed by atoms with E-state index in [9.17, 15) is 9.59 Å². The van der Waals surface area contributed by atoms with Crippen molar-refractivity contribution >= 4 is 17.7 Å². The van der Waals surface area contributed by atoms with Gasteiger partial charge >= 0.3 is 6.16 Å². The molecule has 1 aromatic rings. The average Bonchev–Trinajstić information content (AvgIpc) is 2.72. The number of fused-ring (bicyclic) bond motifs is 1. The van der Waals surface area contributed by atoms with Crippen molar-refractivity contribution in [3.63, 3.8) is 0 Å². The molecule has 0 aromatic heterocycles. The number of carbonyl (C=O) groups excluding carboxylic acids is 2. The summed E-state index contributed by atoms with van der Waals surface area (Å²) in [5.74, 6) is 1.20. The number of benzene rings is 1. The minimum absolute atomic E-state index is 0.0274. The van der Waals surface area contributed by atoms with Gasteiger partial charge in [-0.2, -0.15) is 0 Å². The third-order valence-electron chi connectivity index (χ3n) is 4.87. The molecule has 2 aliphatic rings. The van der Waals surface area contributed by atoms with Crippen LogP contribution in [0, 0.1) is 0 Å². The number of methoxy groups -OCH3 is 1. The number of nitrogens with one attached hydrogen (secondary N) is 1. The van der Waals surface area contributed by atoms with E-state index in [4.69, 9.17) is 23.8 Å². The summed E-state index contributed by atoms with van der Waals surface area (Å²) in [7, 11) is 1.64. The van der Waals surface area contributed by atoms with Gasteiger partial charge in [-0.05, 0) is 39.3 Å². The topological polar surface area (TPSA) is 98.8 Å². The van der Waals surface area contributed by atoms with E-state index < -0.39 is 11.8 Å². The Balaban J connectivity index is 1.55. The second-order valence-electron chi connectivity index (χ2n) is 8.72. The lowest BCUT2D eigenvalue weighted by molar-refractivity contribution is -0.154. The number of rotatable bonds is 8. The molecule has 32 heavy (non-hydrogen) atoms. The summed E-state index contributed by atoms with van der Waals surface area (Å²) in [5, 5.41) is 4.93. The van der Waals surface area contributed by atoms with E-state index in [0.717, 1.165) is 6.42 Å². The van der Waals surface area contributed by atoms with E-state index in [1.54, 1.807) is 37.8 Å². The molecule has 0 radical (unpaired) electrons. The average molecular weight is 452 g/mol. The largest absolute Gasteiger partial charge is 0.528 e. The van der Waals surface area contributed by atoms with Crippen LogP contribution in [0.4, 0.5) is 10.5 Å². The fourth-order valence-corrected chi connectivity index (χ4v) is 3.44. The van der Waals surface area contributed by atoms with Crippen molar-refractivity contribution in [3.05, 3.63) is 18.2 Å². The molecule has 2 aliphatic heterocycles. The molecule has 0 saturated carbocycles. The maximum Gasteiger partial charge on any atom is 0.528 e. The van der Waals surface area contributed by atoms with Gasteiger partial charge in [0.25, 0.3) is 5.91 Å². The van der Waals surface area contributed by atoms with E-state index in [1.807, 2.05) is 18.2 Å². The van der Waals surface area contributed by atoms with Gasteiger partial charge in [-0.1, -0.05) is 0 Å². The van der Waals surface area contributed by atoms with Gasteiger partial charge in [0.2, 0.25) is 0 Å². The van der Waals surface area contributed by atoms with Gasteiger partial charge in [-0.25, -0.2) is 4.79 Å². The minimum Gasteiger partial charge on any atom is -0.492 e. The van der Waals surface area contributed by atoms with Crippen LogP contribution in [0.2, 0.25) is 0 Å². The van der Waals surface area contributed by atoms with Crippen LogP contribution in [0.5, 0.6) is 11.5 Å². The summed E-state index contributed by atoms with van der Waals surface area (Å²) in [6.45, 7) is 8.57. The van der Waals surface area contributed by atoms with Crippen LogP contribution >= 0.6 is 0 Å². The molecule has 178 valence electrons. The number of carbonyl (C=O) groups is 2. The first kappa shape index (κ1) is 24.1. The lowest BCUT2D eigenvalue weighted by Crippen LogP contribution is -2.53. The van der Waals surface area contributed by atoms with E-state index in [1.165, 1.54) is 0 Å². The minimum atomic E-state index is -0.716. The zero-order valence-corrected chi connectivity index (χ0v) is 19.2. The highest BCUT2D eigenvalue weighted by Gasteiger charge is 2.27. The molecule has 1 aromatic carbocycles. The first-order valence-electron chi connectivity index (χ1n) is 10.8. The highest BCUT2D eigenvalue weighted by Crippen LogP contribution is 2.35. The number of hydrogen-bond acceptors (Lipinski definition) is 9. The summed E-state index contributed by atoms with van der Waals surface area (Å²) in [6.07, 6.45) is 0.0127. The predicted molar refractivity (Wildman–Crippen MR) is 117 cm³/mol. The van der Waals surface area contributed by atoms with Gasteiger partial charge in [0.15, 0.2) is 6.61 Å². The van der Waals surface area contributed by atoms with Gasteiger partial charge in [-0.15, -0.1) is 5.06 Å². The van der Waals surface area contributed by atoms with Crippen molar-refractivity contribution in [3.8, 4) is 11.5 Å². The summed E-state index contributed by atoms with van der Waals surface area (Å²) in [6, 6.07) is 5.40. The number of amides is 1. The number of nitrogens with zero attached hydrogens (tertiary/aromatic N) is 2. The van der Waals surface area contributed by atoms with Gasteiger partial charge in [0.1, 0.15) is 23.7 Å². The van der Waals surface area contributed by atoms with Gasteiger partial charge in [-0.3, -0.25) is 4.79 Å². The number of hydrogen-bond donors (Lipinski definition) is 1. The molecule has 1 unspecified atom stereocenters. The summed E-state index contributed by atoms with van der Waals surface area (Å²) < 4.78 is 21.8. The fourth-order valence-electron chi connectivity index (χ4n) is 3.44. The predicted octanol–water partition coefficient (Wildman–Crippen LogP) is 1.97. The molecule has 1 N–H and O–H groups in total. The van der Waals surface area contributed by atoms with Gasteiger partial charge in [0.05, 0.1) is 18.3 Å². The maximum atomic E-state index is 12.3. The lowest BCUT2D eigenvalue weighted by atomic mass is 10.2. The number of piperazine rings is 1. The third kappa shape index (κ3) is 6.98. The molecule has 1 fully saturated rings. The number of anilines is 1. The Bertz CT molecular complexity index is 796. The molecule has 10 heteroatoms. The van der Waals surface area contributed by atoms with Crippen LogP contribution in [0.1, 0.15) is 27.2 Å². The lowest BCUT2D eigenvalue weighted by Gasteiger charge is -2.32. The smallest absolute Gasteiger partial charge is 0.492 e. The van der Waals surface area contributed by atoms with Crippen LogP contribution in [0.25, 0.3) is 0 Å². The molecular weight excluding hydrogens is 418 g/mol. The highest BCUT2D eigenvalue weighted by molar-refractivity contribution is 5.98. The second-order valence-corrected chi connectivity index (χ2v) is 8.72. The summed E-state index contributed by atoms with van der Waals surface area (Å²) in [5.41, 5.74) is 0.0872. The van der Waals surface area contributed by atoms with Crippen molar-refractivity contribution < 1.29 is 33.4 Å². The first-order chi connectivity index (χ1) is 15.2. The fraction of sp³-hybridized carbons (Fsp3) is 0.636. The van der Waals surface area contributed by atoms with Gasteiger partial charge < -0.3 is 34.0 Å². The zero-order valence-electron chi connectivity index (χ0n) is 19.2. The Labute approximate surface area is 188 Å². The standard InChI is InChI=1S/C22H33N3O7/c1-22(2,3)31-21(27)32-24-10-8-23-16(13-24)14-29-17-6-7-19-18(12-17)25(9-5-11-28-4)20(26)15-30-19/h6-7,12,16,23H,5,8-11,13-15H2,1-4H3. The van der Waals surface area contributed by atoms with E-state index >= 15 is 0 Å². The normalized spacial score (nSPS) is 19.2. The van der Waals surface area contributed by atoms with Crippen LogP contribution in [0.15, 0.2) is 18.2 Å². The number of hydroxylamine groups is 2. The molecule has 1 atom stereocenters. The van der Waals surface area contributed by atoms with E-state index in [0.29, 0.717) is 56.6 Å². The SMILES string of the molecule is COCCCN1C(=O)COc2ccc(OCC3CN(OC(=O)OC(C)(C)C)CCN3)cc21. The third-order valence-corrected chi connectivity index (χ3v) is 4.87. The quantitative estimate of drug-likeness (QED) is 0.470. The Hall–Kier alpha value is -2.56. The van der Waals surface area contributed by atoms with Gasteiger partial charge in [0, 0.05) is 39.4 Å². The van der Waals surface area contributed by atoms with E-state index in [2.05, 4.69) is 5.32 Å². The molecular formula is C22H33N3O7. The molecule has 0 bridgehead atoms. The zero-order chi connectivity index (χ0) is 23.1. The molecule has 10 nitrogen and oxygen atoms in total. The molecule has 1 amide bonds. The van der Waals surface area contributed by atoms with Crippen LogP contribution in [0.3, 0.4) is 0 Å². The van der Waals surface area contributed by atoms with Crippen molar-refractivity contribution in [1.29, 1.82) is 0 Å². The Morgan fingerprint density at radius 3 is 2.88 bits per heavy atom.